The maximum atomic E-state index is 10.3. The van der Waals surface area contributed by atoms with Gasteiger partial charge in [-0.05, 0) is 67.2 Å². The SMILES string of the molecule is COc1cc([C@@H]2[C@H]3C[C@@H](C(C)(C)C)CC=C3C(C#N)=C(N)C2(C#N)C#N)ccc1OC(C)C. The van der Waals surface area contributed by atoms with Crippen molar-refractivity contribution in [1.82, 2.24) is 0 Å². The summed E-state index contributed by atoms with van der Waals surface area (Å²) in [7, 11) is 1.57. The zero-order chi connectivity index (χ0) is 24.6. The highest BCUT2D eigenvalue weighted by atomic mass is 16.5. The van der Waals surface area contributed by atoms with Crippen LogP contribution < -0.4 is 15.2 Å². The van der Waals surface area contributed by atoms with Gasteiger partial charge in [0.05, 0.1) is 36.6 Å². The normalized spacial score (nSPS) is 24.1. The molecular weight excluding hydrogens is 412 g/mol. The quantitative estimate of drug-likeness (QED) is 0.669. The Morgan fingerprint density at radius 2 is 1.79 bits per heavy atom. The Bertz CT molecular complexity index is 1100. The first-order valence-corrected chi connectivity index (χ1v) is 11.3. The van der Waals surface area contributed by atoms with Gasteiger partial charge in [-0.2, -0.15) is 15.8 Å². The number of nitrogens with two attached hydrogens (primary N) is 1. The highest BCUT2D eigenvalue weighted by Gasteiger charge is 2.55. The molecule has 2 N–H and O–H groups in total. The lowest BCUT2D eigenvalue weighted by Crippen LogP contribution is -2.44. The molecule has 0 heterocycles. The standard InChI is InChI=1S/C27H32N4O2/c1-16(2)33-22-10-7-17(11-23(22)32-6)24-20-12-18(26(3,4)5)8-9-19(20)21(13-28)25(31)27(24,14-29)15-30/h7,9-11,16,18,20,24H,8,12,31H2,1-6H3/t18-,20-,24+/m0/s1. The van der Waals surface area contributed by atoms with Crippen molar-refractivity contribution in [2.75, 3.05) is 7.11 Å². The summed E-state index contributed by atoms with van der Waals surface area (Å²) in [6, 6.07) is 12.2. The summed E-state index contributed by atoms with van der Waals surface area (Å²) >= 11 is 0. The molecule has 0 aromatic heterocycles. The number of hydrogen-bond donors (Lipinski definition) is 1. The zero-order valence-electron chi connectivity index (χ0n) is 20.3. The molecule has 1 aromatic carbocycles. The Labute approximate surface area is 196 Å². The van der Waals surface area contributed by atoms with Crippen molar-refractivity contribution in [2.24, 2.45) is 28.4 Å². The van der Waals surface area contributed by atoms with Crippen molar-refractivity contribution in [1.29, 1.82) is 15.8 Å². The number of benzene rings is 1. The Morgan fingerprint density at radius 3 is 2.30 bits per heavy atom. The molecule has 2 aliphatic rings. The molecule has 3 rings (SSSR count). The number of ether oxygens (including phenoxy) is 2. The van der Waals surface area contributed by atoms with Gasteiger partial charge in [0.2, 0.25) is 0 Å². The second-order valence-corrected chi connectivity index (χ2v) is 10.3. The maximum Gasteiger partial charge on any atom is 0.191 e. The van der Waals surface area contributed by atoms with Gasteiger partial charge < -0.3 is 15.2 Å². The van der Waals surface area contributed by atoms with E-state index >= 15 is 0 Å². The van der Waals surface area contributed by atoms with Gasteiger partial charge in [-0.1, -0.05) is 32.9 Å². The van der Waals surface area contributed by atoms with Crippen molar-refractivity contribution in [3.63, 3.8) is 0 Å². The van der Waals surface area contributed by atoms with Crippen molar-refractivity contribution < 1.29 is 9.47 Å². The molecule has 0 saturated carbocycles. The molecular formula is C27H32N4O2. The van der Waals surface area contributed by atoms with Crippen LogP contribution >= 0.6 is 0 Å². The molecule has 0 unspecified atom stereocenters. The molecule has 1 aromatic rings. The average Bonchev–Trinajstić information content (AvgIpc) is 2.77. The van der Waals surface area contributed by atoms with Crippen LogP contribution in [-0.4, -0.2) is 13.2 Å². The van der Waals surface area contributed by atoms with E-state index in [4.69, 9.17) is 15.2 Å². The number of rotatable bonds is 4. The van der Waals surface area contributed by atoms with Crippen LogP contribution in [0.2, 0.25) is 0 Å². The molecule has 0 aliphatic heterocycles. The Balaban J connectivity index is 2.27. The van der Waals surface area contributed by atoms with E-state index in [0.717, 1.165) is 24.0 Å². The van der Waals surface area contributed by atoms with E-state index in [2.05, 4.69) is 45.1 Å². The van der Waals surface area contributed by atoms with Crippen molar-refractivity contribution >= 4 is 0 Å². The summed E-state index contributed by atoms with van der Waals surface area (Å²) in [4.78, 5) is 0. The Hall–Kier alpha value is -3.43. The van der Waals surface area contributed by atoms with E-state index in [1.54, 1.807) is 7.11 Å². The van der Waals surface area contributed by atoms with Crippen LogP contribution in [0.1, 0.15) is 58.9 Å². The molecule has 0 fully saturated rings. The zero-order valence-corrected chi connectivity index (χ0v) is 20.3. The van der Waals surface area contributed by atoms with Crippen LogP contribution in [0.3, 0.4) is 0 Å². The van der Waals surface area contributed by atoms with E-state index in [9.17, 15) is 15.8 Å². The Morgan fingerprint density at radius 1 is 1.12 bits per heavy atom. The maximum absolute atomic E-state index is 10.3. The van der Waals surface area contributed by atoms with Gasteiger partial charge in [0, 0.05) is 5.92 Å². The van der Waals surface area contributed by atoms with Crippen molar-refractivity contribution in [3.05, 3.63) is 46.7 Å². The highest BCUT2D eigenvalue weighted by Crippen LogP contribution is 2.58. The Kier molecular flexibility index (Phi) is 6.49. The molecule has 6 nitrogen and oxygen atoms in total. The summed E-state index contributed by atoms with van der Waals surface area (Å²) in [5.41, 5.74) is 6.76. The molecule has 0 radical (unpaired) electrons. The highest BCUT2D eigenvalue weighted by molar-refractivity contribution is 5.60. The number of nitrogens with zero attached hydrogens (tertiary/aromatic N) is 3. The molecule has 0 spiro atoms. The fourth-order valence-corrected chi connectivity index (χ4v) is 5.20. The van der Waals surface area contributed by atoms with E-state index in [0.29, 0.717) is 17.4 Å². The first-order chi connectivity index (χ1) is 15.5. The minimum Gasteiger partial charge on any atom is -0.493 e. The number of hydrogen-bond acceptors (Lipinski definition) is 6. The van der Waals surface area contributed by atoms with Gasteiger partial charge in [-0.25, -0.2) is 0 Å². The fraction of sp³-hybridized carbons (Fsp3) is 0.519. The van der Waals surface area contributed by atoms with Crippen LogP contribution in [0.5, 0.6) is 11.5 Å². The second-order valence-electron chi connectivity index (χ2n) is 10.3. The van der Waals surface area contributed by atoms with Crippen LogP contribution in [-0.2, 0) is 0 Å². The number of methoxy groups -OCH3 is 1. The van der Waals surface area contributed by atoms with Crippen LogP contribution in [0.25, 0.3) is 0 Å². The third kappa shape index (κ3) is 4.05. The smallest absolute Gasteiger partial charge is 0.191 e. The predicted molar refractivity (Wildman–Crippen MR) is 126 cm³/mol. The molecule has 3 atom stereocenters. The van der Waals surface area contributed by atoms with Gasteiger partial charge in [-0.3, -0.25) is 0 Å². The summed E-state index contributed by atoms with van der Waals surface area (Å²) in [6.07, 6.45) is 3.65. The molecule has 2 aliphatic carbocycles. The predicted octanol–water partition coefficient (Wildman–Crippen LogP) is 5.35. The van der Waals surface area contributed by atoms with Gasteiger partial charge in [0.25, 0.3) is 0 Å². The van der Waals surface area contributed by atoms with Crippen LogP contribution in [0.4, 0.5) is 0 Å². The fourth-order valence-electron chi connectivity index (χ4n) is 5.20. The number of nitriles is 3. The van der Waals surface area contributed by atoms with Crippen molar-refractivity contribution in [2.45, 2.75) is 59.5 Å². The number of fused-ring (bicyclic) bond motifs is 1. The third-order valence-corrected chi connectivity index (χ3v) is 7.01. The molecule has 172 valence electrons. The number of allylic oxidation sites excluding steroid dienone is 4. The molecule has 0 bridgehead atoms. The van der Waals surface area contributed by atoms with Crippen LogP contribution in [0, 0.1) is 56.7 Å². The minimum absolute atomic E-state index is 0.0334. The molecule has 0 amide bonds. The monoisotopic (exact) mass is 444 g/mol. The third-order valence-electron chi connectivity index (χ3n) is 7.01. The average molecular weight is 445 g/mol. The van der Waals surface area contributed by atoms with Gasteiger partial charge >= 0.3 is 0 Å². The largest absolute Gasteiger partial charge is 0.493 e. The van der Waals surface area contributed by atoms with Crippen molar-refractivity contribution in [3.8, 4) is 29.7 Å². The lowest BCUT2D eigenvalue weighted by Gasteiger charge is -2.47. The van der Waals surface area contributed by atoms with E-state index < -0.39 is 11.3 Å². The molecule has 33 heavy (non-hydrogen) atoms. The van der Waals surface area contributed by atoms with Gasteiger partial charge in [0.15, 0.2) is 16.9 Å². The first kappa shape index (κ1) is 24.2. The topological polar surface area (TPSA) is 116 Å². The minimum atomic E-state index is -1.65. The van der Waals surface area contributed by atoms with Gasteiger partial charge in [0.1, 0.15) is 6.07 Å². The molecule has 0 saturated heterocycles. The lowest BCUT2D eigenvalue weighted by molar-refractivity contribution is 0.170. The summed E-state index contributed by atoms with van der Waals surface area (Å²) in [5, 5.41) is 30.5. The van der Waals surface area contributed by atoms with E-state index in [1.807, 2.05) is 32.0 Å². The lowest BCUT2D eigenvalue weighted by atomic mass is 9.54. The van der Waals surface area contributed by atoms with Crippen LogP contribution in [0.15, 0.2) is 41.1 Å². The summed E-state index contributed by atoms with van der Waals surface area (Å²) < 4.78 is 11.5. The summed E-state index contributed by atoms with van der Waals surface area (Å²) in [6.45, 7) is 10.5. The van der Waals surface area contributed by atoms with E-state index in [1.165, 1.54) is 0 Å². The summed E-state index contributed by atoms with van der Waals surface area (Å²) in [5.74, 6) is 0.746. The van der Waals surface area contributed by atoms with E-state index in [-0.39, 0.29) is 28.7 Å². The second kappa shape index (κ2) is 8.84. The van der Waals surface area contributed by atoms with Gasteiger partial charge in [-0.15, -0.1) is 0 Å². The first-order valence-electron chi connectivity index (χ1n) is 11.3. The molecule has 6 heteroatoms.